The minimum Gasteiger partial charge on any atom is -0.497 e. The first-order valence-electron chi connectivity index (χ1n) is 15.3. The molecule has 13 heteroatoms. The van der Waals surface area contributed by atoms with Crippen molar-refractivity contribution in [2.45, 2.75) is 37.5 Å². The molecule has 2 fully saturated rings. The number of hydrogen-bond acceptors (Lipinski definition) is 12. The van der Waals surface area contributed by atoms with Crippen LogP contribution in [0.4, 0.5) is 0 Å². The van der Waals surface area contributed by atoms with Crippen LogP contribution in [0.3, 0.4) is 0 Å². The number of aliphatic hydroxyl groups excluding tert-OH is 1. The number of hydrogen-bond donors (Lipinski definition) is 2. The number of piperidine rings is 1. The van der Waals surface area contributed by atoms with Crippen LogP contribution in [0.2, 0.25) is 0 Å². The number of rotatable bonds is 8. The number of methoxy groups -OCH3 is 6. The Morgan fingerprint density at radius 2 is 1.68 bits per heavy atom. The Morgan fingerprint density at radius 3 is 2.28 bits per heavy atom. The number of aromatic nitrogens is 1. The zero-order chi connectivity index (χ0) is 33.8. The topological polar surface area (TPSA) is 162 Å². The van der Waals surface area contributed by atoms with Crippen molar-refractivity contribution in [1.29, 1.82) is 5.26 Å². The average Bonchev–Trinajstić information content (AvgIpc) is 3.47. The van der Waals surface area contributed by atoms with Crippen molar-refractivity contribution in [3.63, 3.8) is 0 Å². The number of H-pyrrole nitrogens is 1. The van der Waals surface area contributed by atoms with Crippen LogP contribution in [-0.2, 0) is 25.4 Å². The van der Waals surface area contributed by atoms with Crippen molar-refractivity contribution in [1.82, 2.24) is 9.88 Å². The van der Waals surface area contributed by atoms with Gasteiger partial charge in [0.25, 0.3) is 6.26 Å². The van der Waals surface area contributed by atoms with E-state index in [2.05, 4.69) is 16.0 Å². The summed E-state index contributed by atoms with van der Waals surface area (Å²) >= 11 is 0. The maximum Gasteiger partial charge on any atom is 0.338 e. The third-order valence-electron chi connectivity index (χ3n) is 9.76. The van der Waals surface area contributed by atoms with E-state index in [1.807, 2.05) is 12.1 Å². The van der Waals surface area contributed by atoms with Gasteiger partial charge in [-0.15, -0.1) is 0 Å². The third-order valence-corrected chi connectivity index (χ3v) is 9.76. The second-order valence-corrected chi connectivity index (χ2v) is 11.8. The largest absolute Gasteiger partial charge is 0.497 e. The van der Waals surface area contributed by atoms with Gasteiger partial charge in [-0.3, -0.25) is 9.69 Å². The average molecular weight is 652 g/mol. The smallest absolute Gasteiger partial charge is 0.338 e. The van der Waals surface area contributed by atoms with Gasteiger partial charge in [0.1, 0.15) is 18.0 Å². The van der Waals surface area contributed by atoms with Gasteiger partial charge in [-0.1, -0.05) is 0 Å². The molecule has 2 aliphatic heterocycles. The molecule has 6 rings (SSSR count). The fourth-order valence-corrected chi connectivity index (χ4v) is 7.76. The van der Waals surface area contributed by atoms with E-state index in [4.69, 9.17) is 43.5 Å². The van der Waals surface area contributed by atoms with Gasteiger partial charge in [0, 0.05) is 42.9 Å². The summed E-state index contributed by atoms with van der Waals surface area (Å²) in [6.45, 7) is 1.68. The lowest BCUT2D eigenvalue weighted by Gasteiger charge is -2.52. The number of nitrogens with one attached hydrogen (secondary N) is 1. The van der Waals surface area contributed by atoms with Crippen molar-refractivity contribution in [2.75, 3.05) is 55.7 Å². The van der Waals surface area contributed by atoms with Crippen molar-refractivity contribution >= 4 is 22.8 Å². The highest BCUT2D eigenvalue weighted by atomic mass is 16.6. The fraction of sp³-hybridized carbons (Fsp3) is 0.500. The van der Waals surface area contributed by atoms with Crippen LogP contribution in [0, 0.1) is 29.3 Å². The number of fused-ring (bicyclic) bond motifs is 6. The molecule has 1 saturated carbocycles. The monoisotopic (exact) mass is 651 g/mol. The first-order chi connectivity index (χ1) is 22.8. The molecule has 3 aromatic rings. The van der Waals surface area contributed by atoms with Crippen LogP contribution >= 0.6 is 0 Å². The minimum absolute atomic E-state index is 0.0170. The normalized spacial score (nSPS) is 24.6. The number of nitrogens with zero attached hydrogens (tertiary/aromatic N) is 2. The zero-order valence-electron chi connectivity index (χ0n) is 27.4. The van der Waals surface area contributed by atoms with E-state index in [0.29, 0.717) is 23.7 Å². The molecule has 252 valence electrons. The molecule has 3 heterocycles. The number of benzene rings is 2. The molecule has 13 nitrogen and oxygen atoms in total. The van der Waals surface area contributed by atoms with Gasteiger partial charge >= 0.3 is 11.9 Å². The zero-order valence-corrected chi connectivity index (χ0v) is 27.4. The van der Waals surface area contributed by atoms with Gasteiger partial charge in [-0.2, -0.15) is 5.26 Å². The van der Waals surface area contributed by atoms with Gasteiger partial charge in [-0.25, -0.2) is 4.79 Å². The summed E-state index contributed by atoms with van der Waals surface area (Å²) in [5.74, 6) is 0.441. The first kappa shape index (κ1) is 33.7. The molecule has 2 N–H and O–H groups in total. The van der Waals surface area contributed by atoms with Crippen LogP contribution in [0.1, 0.15) is 40.5 Å². The lowest BCUT2D eigenvalue weighted by atomic mass is 9.63. The van der Waals surface area contributed by atoms with Crippen LogP contribution in [0.25, 0.3) is 10.9 Å². The molecule has 0 bridgehead atoms. The molecule has 2 aromatic carbocycles. The Morgan fingerprint density at radius 1 is 0.979 bits per heavy atom. The molecular weight excluding hydrogens is 610 g/mol. The SMILES string of the molecule is COC(=O)[C@H]1[C@H]2C[C@@H]3c4[nH]c5cc(OC)ccc5c4CCN3C[C@H]2C[C@@H](OC(=O)c2cc(OC)c(OC)c(OC)c2)[C@@H]1OC.N#CO. The van der Waals surface area contributed by atoms with Crippen molar-refractivity contribution in [3.05, 3.63) is 47.2 Å². The number of aliphatic hydroxyl groups is 1. The third kappa shape index (κ3) is 6.23. The second kappa shape index (κ2) is 14.4. The van der Waals surface area contributed by atoms with Crippen molar-refractivity contribution < 1.29 is 47.9 Å². The molecule has 0 spiro atoms. The predicted molar refractivity (Wildman–Crippen MR) is 168 cm³/mol. The highest BCUT2D eigenvalue weighted by molar-refractivity contribution is 5.91. The summed E-state index contributed by atoms with van der Waals surface area (Å²) in [5, 5.41) is 15.0. The highest BCUT2D eigenvalue weighted by Crippen LogP contribution is 2.51. The van der Waals surface area contributed by atoms with E-state index in [0.717, 1.165) is 43.5 Å². The second-order valence-electron chi connectivity index (χ2n) is 11.8. The number of carbonyl (C=O) groups excluding carboxylic acids is 2. The Bertz CT molecular complexity index is 1620. The lowest BCUT2D eigenvalue weighted by molar-refractivity contribution is -0.176. The standard InChI is InChI=1S/C33H40N2O9.CHNO/c1-38-19-7-8-20-21-9-10-35-16-18-13-27(44-32(36)17-11-25(39-2)30(41-4)26(12-17)40-3)31(42-5)28(33(37)43-6)22(18)15-24(35)29(21)34-23(20)14-19;2-1-3/h7-8,11-12,14,18,22,24,27-28,31,34H,9-10,13,15-16H2,1-6H3;3H/t18-,22+,24-,27-,28+,31+;/m1./s1. The molecular formula is C34H41N3O10. The summed E-state index contributed by atoms with van der Waals surface area (Å²) in [4.78, 5) is 33.1. The van der Waals surface area contributed by atoms with Crippen LogP contribution in [-0.4, -0.2) is 94.9 Å². The van der Waals surface area contributed by atoms with Crippen molar-refractivity contribution in [3.8, 4) is 29.3 Å². The molecule has 3 aliphatic rings. The summed E-state index contributed by atoms with van der Waals surface area (Å²) in [6, 6.07) is 9.40. The molecule has 0 amide bonds. The molecule has 6 atom stereocenters. The Hall–Kier alpha value is -4.67. The number of ether oxygens (including phenoxy) is 7. The molecule has 1 aliphatic carbocycles. The molecule has 1 saturated heterocycles. The summed E-state index contributed by atoms with van der Waals surface area (Å²) in [6.07, 6.45) is 1.67. The highest BCUT2D eigenvalue weighted by Gasteiger charge is 2.54. The van der Waals surface area contributed by atoms with Crippen molar-refractivity contribution in [2.24, 2.45) is 17.8 Å². The van der Waals surface area contributed by atoms with Gasteiger partial charge in [-0.05, 0) is 60.9 Å². The van der Waals surface area contributed by atoms with Gasteiger partial charge in [0.2, 0.25) is 5.75 Å². The maximum absolute atomic E-state index is 13.5. The Labute approximate surface area is 273 Å². The predicted octanol–water partition coefficient (Wildman–Crippen LogP) is 4.01. The van der Waals surface area contributed by atoms with E-state index in [9.17, 15) is 9.59 Å². The van der Waals surface area contributed by atoms with E-state index in [1.54, 1.807) is 26.4 Å². The Balaban J connectivity index is 0.00000139. The molecule has 0 radical (unpaired) electrons. The van der Waals surface area contributed by atoms with E-state index in [1.165, 1.54) is 45.1 Å². The summed E-state index contributed by atoms with van der Waals surface area (Å²) in [5.41, 5.74) is 3.83. The number of nitriles is 1. The Kier molecular flexibility index (Phi) is 10.3. The molecule has 47 heavy (non-hydrogen) atoms. The molecule has 0 unspecified atom stereocenters. The molecule has 1 aromatic heterocycles. The number of carbonyl (C=O) groups is 2. The summed E-state index contributed by atoms with van der Waals surface area (Å²) in [7, 11) is 9.10. The van der Waals surface area contributed by atoms with Crippen LogP contribution in [0.15, 0.2) is 30.3 Å². The number of aromatic amines is 1. The van der Waals surface area contributed by atoms with Gasteiger partial charge in [0.15, 0.2) is 11.5 Å². The first-order valence-corrected chi connectivity index (χ1v) is 15.3. The van der Waals surface area contributed by atoms with Crippen LogP contribution in [0.5, 0.6) is 23.0 Å². The minimum atomic E-state index is -0.670. The van der Waals surface area contributed by atoms with E-state index >= 15 is 0 Å². The summed E-state index contributed by atoms with van der Waals surface area (Å²) < 4.78 is 39.1. The fourth-order valence-electron chi connectivity index (χ4n) is 7.76. The van der Waals surface area contributed by atoms with Gasteiger partial charge in [0.05, 0.1) is 53.1 Å². The maximum atomic E-state index is 13.5. The van der Waals surface area contributed by atoms with E-state index in [-0.39, 0.29) is 29.4 Å². The quantitative estimate of drug-likeness (QED) is 0.266. The van der Waals surface area contributed by atoms with E-state index < -0.39 is 24.1 Å². The number of esters is 2. The van der Waals surface area contributed by atoms with Gasteiger partial charge < -0.3 is 43.2 Å². The van der Waals surface area contributed by atoms with Crippen LogP contribution < -0.4 is 18.9 Å². The lowest BCUT2D eigenvalue weighted by Crippen LogP contribution is -2.58.